The fourth-order valence-electron chi connectivity index (χ4n) is 1.75. The normalized spacial score (nSPS) is 12.3. The summed E-state index contributed by atoms with van der Waals surface area (Å²) in [6, 6.07) is 11.1. The first kappa shape index (κ1) is 15.0. The average molecular weight is 380 g/mol. The van der Waals surface area contributed by atoms with Gasteiger partial charge in [0.1, 0.15) is 5.75 Å². The van der Waals surface area contributed by atoms with Gasteiger partial charge in [0, 0.05) is 9.50 Å². The van der Waals surface area contributed by atoms with Crippen molar-refractivity contribution in [2.45, 2.75) is 5.38 Å². The van der Waals surface area contributed by atoms with Crippen LogP contribution in [-0.4, -0.2) is 7.11 Å². The van der Waals surface area contributed by atoms with E-state index in [9.17, 15) is 0 Å². The predicted molar refractivity (Wildman–Crippen MR) is 84.9 cm³/mol. The molecule has 1 unspecified atom stereocenters. The third kappa shape index (κ3) is 3.57. The Kier molecular flexibility index (Phi) is 5.02. The van der Waals surface area contributed by atoms with E-state index < -0.39 is 0 Å². The quantitative estimate of drug-likeness (QED) is 0.585. The van der Waals surface area contributed by atoms with Gasteiger partial charge in [0.25, 0.3) is 0 Å². The molecule has 2 aromatic rings. The predicted octanol–water partition coefficient (Wildman–Crippen LogP) is 6.09. The lowest BCUT2D eigenvalue weighted by Gasteiger charge is -2.13. The van der Waals surface area contributed by atoms with Gasteiger partial charge in [0.15, 0.2) is 0 Å². The molecule has 0 amide bonds. The number of hydrogen-bond donors (Lipinski definition) is 0. The van der Waals surface area contributed by atoms with E-state index in [1.54, 1.807) is 19.2 Å². The molecule has 1 nitrogen and oxygen atoms in total. The zero-order chi connectivity index (χ0) is 14.0. The van der Waals surface area contributed by atoms with Crippen molar-refractivity contribution in [1.29, 1.82) is 0 Å². The van der Waals surface area contributed by atoms with Crippen molar-refractivity contribution >= 4 is 50.7 Å². The van der Waals surface area contributed by atoms with Crippen LogP contribution in [0.2, 0.25) is 10.0 Å². The lowest BCUT2D eigenvalue weighted by atomic mass is 10.0. The van der Waals surface area contributed by atoms with Gasteiger partial charge in [-0.25, -0.2) is 0 Å². The monoisotopic (exact) mass is 378 g/mol. The second-order valence-corrected chi connectivity index (χ2v) is 6.16. The van der Waals surface area contributed by atoms with Crippen LogP contribution in [0.1, 0.15) is 16.5 Å². The van der Waals surface area contributed by atoms with Gasteiger partial charge in [0.2, 0.25) is 0 Å². The van der Waals surface area contributed by atoms with E-state index in [2.05, 4.69) is 15.9 Å². The summed E-state index contributed by atoms with van der Waals surface area (Å²) in [7, 11) is 1.58. The Morgan fingerprint density at radius 2 is 1.79 bits per heavy atom. The van der Waals surface area contributed by atoms with E-state index in [-0.39, 0.29) is 5.38 Å². The van der Waals surface area contributed by atoms with E-state index in [4.69, 9.17) is 39.5 Å². The zero-order valence-corrected chi connectivity index (χ0v) is 13.8. The van der Waals surface area contributed by atoms with Crippen LogP contribution in [0.5, 0.6) is 5.75 Å². The molecule has 0 spiro atoms. The lowest BCUT2D eigenvalue weighted by Crippen LogP contribution is -1.94. The van der Waals surface area contributed by atoms with Gasteiger partial charge in [0.05, 0.1) is 17.5 Å². The molecule has 0 saturated heterocycles. The Bertz CT molecular complexity index is 581. The Morgan fingerprint density at radius 1 is 1.05 bits per heavy atom. The SMILES string of the molecule is COc1ccc(C(Cl)c2cc(Cl)cc(Br)c2)cc1Cl. The molecule has 5 heteroatoms. The molecule has 0 heterocycles. The van der Waals surface area contributed by atoms with Crippen LogP contribution >= 0.6 is 50.7 Å². The maximum Gasteiger partial charge on any atom is 0.137 e. The molecule has 19 heavy (non-hydrogen) atoms. The fourth-order valence-corrected chi connectivity index (χ4v) is 3.17. The smallest absolute Gasteiger partial charge is 0.137 e. The zero-order valence-electron chi connectivity index (χ0n) is 9.96. The van der Waals surface area contributed by atoms with Crippen molar-refractivity contribution in [3.05, 3.63) is 62.0 Å². The van der Waals surface area contributed by atoms with Gasteiger partial charge in [-0.2, -0.15) is 0 Å². The van der Waals surface area contributed by atoms with Crippen LogP contribution in [0.15, 0.2) is 40.9 Å². The Labute approximate surface area is 135 Å². The third-order valence-corrected chi connectivity index (χ3v) is 4.12. The Morgan fingerprint density at radius 3 is 2.37 bits per heavy atom. The minimum Gasteiger partial charge on any atom is -0.495 e. The maximum absolute atomic E-state index is 6.46. The Hall–Kier alpha value is -0.410. The molecule has 2 rings (SSSR count). The number of halogens is 4. The second-order valence-electron chi connectivity index (χ2n) is 3.96. The topological polar surface area (TPSA) is 9.23 Å². The molecule has 0 N–H and O–H groups in total. The largest absolute Gasteiger partial charge is 0.495 e. The summed E-state index contributed by atoms with van der Waals surface area (Å²) < 4.78 is 6.01. The molecule has 0 aliphatic heterocycles. The molecule has 1 atom stereocenters. The first-order valence-electron chi connectivity index (χ1n) is 5.44. The minimum atomic E-state index is -0.321. The summed E-state index contributed by atoms with van der Waals surface area (Å²) in [6.07, 6.45) is 0. The lowest BCUT2D eigenvalue weighted by molar-refractivity contribution is 0.415. The fraction of sp³-hybridized carbons (Fsp3) is 0.143. The highest BCUT2D eigenvalue weighted by molar-refractivity contribution is 9.10. The number of methoxy groups -OCH3 is 1. The van der Waals surface area contributed by atoms with Crippen molar-refractivity contribution < 1.29 is 4.74 Å². The van der Waals surface area contributed by atoms with Crippen molar-refractivity contribution in [3.63, 3.8) is 0 Å². The number of alkyl halides is 1. The molecule has 0 aliphatic carbocycles. The van der Waals surface area contributed by atoms with Crippen molar-refractivity contribution in [3.8, 4) is 5.75 Å². The summed E-state index contributed by atoms with van der Waals surface area (Å²) in [5.41, 5.74) is 1.80. The van der Waals surface area contributed by atoms with Gasteiger partial charge in [-0.1, -0.05) is 45.2 Å². The van der Waals surface area contributed by atoms with Gasteiger partial charge >= 0.3 is 0 Å². The highest BCUT2D eigenvalue weighted by Gasteiger charge is 2.14. The molecule has 0 fully saturated rings. The third-order valence-electron chi connectivity index (χ3n) is 2.65. The van der Waals surface area contributed by atoms with Crippen LogP contribution < -0.4 is 4.74 Å². The van der Waals surface area contributed by atoms with Crippen LogP contribution in [0.3, 0.4) is 0 Å². The van der Waals surface area contributed by atoms with E-state index >= 15 is 0 Å². The number of ether oxygens (including phenoxy) is 1. The molecule has 0 aliphatic rings. The molecule has 0 radical (unpaired) electrons. The second kappa shape index (κ2) is 6.36. The van der Waals surface area contributed by atoms with Crippen LogP contribution in [0, 0.1) is 0 Å². The van der Waals surface area contributed by atoms with E-state index in [1.807, 2.05) is 24.3 Å². The van der Waals surface area contributed by atoms with Crippen molar-refractivity contribution in [2.75, 3.05) is 7.11 Å². The number of rotatable bonds is 3. The summed E-state index contributed by atoms with van der Waals surface area (Å²) >= 11 is 22.0. The molecule has 2 aromatic carbocycles. The maximum atomic E-state index is 6.46. The standard InChI is InChI=1S/C14H10BrCl3O/c1-19-13-3-2-8(6-12(13)17)14(18)9-4-10(15)7-11(16)5-9/h2-7,14H,1H3. The molecular formula is C14H10BrCl3O. The first-order chi connectivity index (χ1) is 9.01. The minimum absolute atomic E-state index is 0.321. The van der Waals surface area contributed by atoms with Crippen molar-refractivity contribution in [2.24, 2.45) is 0 Å². The highest BCUT2D eigenvalue weighted by Crippen LogP contribution is 2.35. The van der Waals surface area contributed by atoms with Gasteiger partial charge < -0.3 is 4.74 Å². The van der Waals surface area contributed by atoms with E-state index in [1.165, 1.54) is 0 Å². The number of hydrogen-bond acceptors (Lipinski definition) is 1. The van der Waals surface area contributed by atoms with E-state index in [0.29, 0.717) is 15.8 Å². The van der Waals surface area contributed by atoms with Crippen LogP contribution in [0.4, 0.5) is 0 Å². The van der Waals surface area contributed by atoms with E-state index in [0.717, 1.165) is 15.6 Å². The first-order valence-corrected chi connectivity index (χ1v) is 7.43. The summed E-state index contributed by atoms with van der Waals surface area (Å²) in [6.45, 7) is 0. The van der Waals surface area contributed by atoms with Crippen LogP contribution in [-0.2, 0) is 0 Å². The average Bonchev–Trinajstić information content (AvgIpc) is 2.36. The molecule has 0 aromatic heterocycles. The van der Waals surface area contributed by atoms with Gasteiger partial charge in [-0.05, 0) is 41.5 Å². The Balaban J connectivity index is 2.38. The summed E-state index contributed by atoms with van der Waals surface area (Å²) in [5.74, 6) is 0.626. The van der Waals surface area contributed by atoms with Crippen molar-refractivity contribution in [1.82, 2.24) is 0 Å². The summed E-state index contributed by atoms with van der Waals surface area (Å²) in [5, 5.41) is 0.847. The summed E-state index contributed by atoms with van der Waals surface area (Å²) in [4.78, 5) is 0. The molecule has 100 valence electrons. The van der Waals surface area contributed by atoms with Gasteiger partial charge in [-0.15, -0.1) is 11.6 Å². The molecule has 0 saturated carbocycles. The molecular weight excluding hydrogens is 370 g/mol. The number of benzene rings is 2. The molecule has 0 bridgehead atoms. The highest BCUT2D eigenvalue weighted by atomic mass is 79.9. The van der Waals surface area contributed by atoms with Gasteiger partial charge in [-0.3, -0.25) is 0 Å². The van der Waals surface area contributed by atoms with Crippen LogP contribution in [0.25, 0.3) is 0 Å².